The summed E-state index contributed by atoms with van der Waals surface area (Å²) in [6, 6.07) is -0.479. The Morgan fingerprint density at radius 1 is 1.67 bits per heavy atom. The molecule has 0 aromatic rings. The third kappa shape index (κ3) is 3.85. The summed E-state index contributed by atoms with van der Waals surface area (Å²) in [6.45, 7) is 2.97. The molecule has 0 aromatic carbocycles. The summed E-state index contributed by atoms with van der Waals surface area (Å²) in [5.41, 5.74) is 0. The SMILES string of the molecule is COC(=[Se])[C@@H](NC(C)=O)C(C)O. The van der Waals surface area contributed by atoms with E-state index in [-0.39, 0.29) is 5.91 Å². The number of carbonyl (C=O) groups is 1. The van der Waals surface area contributed by atoms with Crippen molar-refractivity contribution in [1.29, 1.82) is 0 Å². The third-order valence-corrected chi connectivity index (χ3v) is 2.18. The first-order chi connectivity index (χ1) is 5.49. The molecule has 0 spiro atoms. The van der Waals surface area contributed by atoms with Crippen LogP contribution < -0.4 is 5.32 Å². The molecule has 1 amide bonds. The molecular formula is C7H13NO3Se. The van der Waals surface area contributed by atoms with Gasteiger partial charge in [0, 0.05) is 0 Å². The Labute approximate surface area is 79.6 Å². The number of aliphatic hydroxyl groups excluding tert-OH is 1. The molecule has 2 atom stereocenters. The minimum absolute atomic E-state index is 0.203. The molecule has 0 radical (unpaired) electrons. The van der Waals surface area contributed by atoms with Crippen molar-refractivity contribution in [1.82, 2.24) is 5.32 Å². The van der Waals surface area contributed by atoms with Crippen molar-refractivity contribution in [2.75, 3.05) is 7.11 Å². The Kier molecular flexibility index (Phi) is 5.13. The van der Waals surface area contributed by atoms with Gasteiger partial charge in [-0.3, -0.25) is 0 Å². The molecule has 1 unspecified atom stereocenters. The molecule has 0 aliphatic carbocycles. The summed E-state index contributed by atoms with van der Waals surface area (Å²) >= 11 is 2.63. The van der Waals surface area contributed by atoms with Crippen LogP contribution in [0.25, 0.3) is 0 Å². The molecule has 0 heterocycles. The van der Waals surface area contributed by atoms with Gasteiger partial charge in [-0.25, -0.2) is 0 Å². The average molecular weight is 238 g/mol. The summed E-state index contributed by atoms with van der Waals surface area (Å²) in [7, 11) is 1.48. The van der Waals surface area contributed by atoms with Gasteiger partial charge in [0.25, 0.3) is 0 Å². The van der Waals surface area contributed by atoms with Gasteiger partial charge in [-0.15, -0.1) is 0 Å². The quantitative estimate of drug-likeness (QED) is 0.606. The van der Waals surface area contributed by atoms with Crippen LogP contribution in [-0.4, -0.2) is 50.4 Å². The van der Waals surface area contributed by atoms with E-state index in [9.17, 15) is 9.90 Å². The number of rotatable bonds is 4. The van der Waals surface area contributed by atoms with E-state index in [2.05, 4.69) is 20.9 Å². The molecule has 2 N–H and O–H groups in total. The maximum atomic E-state index is 10.7. The van der Waals surface area contributed by atoms with Crippen LogP contribution in [0.3, 0.4) is 0 Å². The van der Waals surface area contributed by atoms with Crippen LogP contribution in [0.2, 0.25) is 0 Å². The Bertz CT molecular complexity index is 181. The molecule has 0 rings (SSSR count). The topological polar surface area (TPSA) is 58.6 Å². The Hall–Kier alpha value is -0.381. The number of methoxy groups -OCH3 is 1. The number of carbonyl (C=O) groups excluding carboxylic acids is 1. The molecule has 0 aliphatic rings. The van der Waals surface area contributed by atoms with Gasteiger partial charge in [0.2, 0.25) is 0 Å². The van der Waals surface area contributed by atoms with Crippen molar-refractivity contribution in [2.45, 2.75) is 26.0 Å². The fraction of sp³-hybridized carbons (Fsp3) is 0.714. The predicted octanol–water partition coefficient (Wildman–Crippen LogP) is -1.18. The predicted molar refractivity (Wildman–Crippen MR) is 47.1 cm³/mol. The average Bonchev–Trinajstić information content (AvgIpc) is 1.98. The first-order valence-electron chi connectivity index (χ1n) is 3.52. The number of ether oxygens (including phenoxy) is 1. The first kappa shape index (κ1) is 11.6. The molecule has 5 heteroatoms. The molecule has 0 aromatic heterocycles. The molecule has 0 saturated heterocycles. The van der Waals surface area contributed by atoms with E-state index >= 15 is 0 Å². The zero-order chi connectivity index (χ0) is 9.72. The van der Waals surface area contributed by atoms with Gasteiger partial charge in [0.05, 0.1) is 0 Å². The van der Waals surface area contributed by atoms with Gasteiger partial charge in [0.15, 0.2) is 0 Å². The Morgan fingerprint density at radius 3 is 2.42 bits per heavy atom. The Morgan fingerprint density at radius 2 is 2.17 bits per heavy atom. The fourth-order valence-electron chi connectivity index (χ4n) is 0.722. The van der Waals surface area contributed by atoms with Crippen LogP contribution in [0.1, 0.15) is 13.8 Å². The Balaban J connectivity index is 4.23. The van der Waals surface area contributed by atoms with Crippen LogP contribution in [0.5, 0.6) is 0 Å². The van der Waals surface area contributed by atoms with Gasteiger partial charge in [-0.05, 0) is 0 Å². The summed E-state index contributed by atoms with van der Waals surface area (Å²) in [6.07, 6.45) is -0.676. The monoisotopic (exact) mass is 239 g/mol. The van der Waals surface area contributed by atoms with Gasteiger partial charge in [-0.1, -0.05) is 0 Å². The number of amides is 1. The number of hydrogen-bond donors (Lipinski definition) is 2. The van der Waals surface area contributed by atoms with Crippen LogP contribution in [-0.2, 0) is 9.53 Å². The minimum atomic E-state index is -0.676. The zero-order valence-corrected chi connectivity index (χ0v) is 9.04. The van der Waals surface area contributed by atoms with Crippen LogP contribution in [0.4, 0.5) is 0 Å². The summed E-state index contributed by atoms with van der Waals surface area (Å²) in [5, 5.41) is 11.8. The van der Waals surface area contributed by atoms with Crippen molar-refractivity contribution in [2.24, 2.45) is 0 Å². The summed E-state index contributed by atoms with van der Waals surface area (Å²) in [4.78, 5) is 10.7. The number of nitrogens with one attached hydrogen (secondary N) is 1. The van der Waals surface area contributed by atoms with Crippen molar-refractivity contribution < 1.29 is 14.6 Å². The number of hydrogen-bond acceptors (Lipinski definition) is 3. The van der Waals surface area contributed by atoms with Gasteiger partial charge in [-0.2, -0.15) is 0 Å². The normalized spacial score (nSPS) is 14.7. The molecular weight excluding hydrogens is 225 g/mol. The molecule has 0 fully saturated rings. The molecule has 0 aliphatic heterocycles. The third-order valence-electron chi connectivity index (χ3n) is 1.30. The molecule has 0 bridgehead atoms. The summed E-state index contributed by atoms with van der Waals surface area (Å²) in [5.74, 6) is -0.203. The number of aliphatic hydroxyl groups is 1. The molecule has 12 heavy (non-hydrogen) atoms. The van der Waals surface area contributed by atoms with Gasteiger partial charge < -0.3 is 0 Å². The standard InChI is InChI=1S/C7H13NO3Se/c1-4(9)6(7(12)11-3)8-5(2)10/h4,6,9H,1-3H3,(H,8,10)/t4?,6-/m0/s1. The van der Waals surface area contributed by atoms with E-state index in [4.69, 9.17) is 4.74 Å². The van der Waals surface area contributed by atoms with Crippen molar-refractivity contribution in [3.8, 4) is 0 Å². The van der Waals surface area contributed by atoms with Crippen LogP contribution in [0.15, 0.2) is 0 Å². The van der Waals surface area contributed by atoms with E-state index in [1.807, 2.05) is 0 Å². The van der Waals surface area contributed by atoms with E-state index in [0.717, 1.165) is 0 Å². The van der Waals surface area contributed by atoms with E-state index in [0.29, 0.717) is 4.60 Å². The second-order valence-electron chi connectivity index (χ2n) is 2.44. The van der Waals surface area contributed by atoms with Gasteiger partial charge in [0.1, 0.15) is 0 Å². The fourth-order valence-corrected chi connectivity index (χ4v) is 1.26. The van der Waals surface area contributed by atoms with Crippen LogP contribution >= 0.6 is 0 Å². The zero-order valence-electron chi connectivity index (χ0n) is 7.33. The van der Waals surface area contributed by atoms with Gasteiger partial charge >= 0.3 is 79.1 Å². The van der Waals surface area contributed by atoms with E-state index < -0.39 is 12.1 Å². The van der Waals surface area contributed by atoms with Crippen molar-refractivity contribution >= 4 is 26.1 Å². The van der Waals surface area contributed by atoms with Crippen molar-refractivity contribution in [3.05, 3.63) is 0 Å². The van der Waals surface area contributed by atoms with Crippen LogP contribution in [0, 0.1) is 0 Å². The van der Waals surface area contributed by atoms with E-state index in [1.165, 1.54) is 14.0 Å². The van der Waals surface area contributed by atoms with Crippen molar-refractivity contribution in [3.63, 3.8) is 0 Å². The van der Waals surface area contributed by atoms with E-state index in [1.54, 1.807) is 6.92 Å². The summed E-state index contributed by atoms with van der Waals surface area (Å²) < 4.78 is 5.33. The molecule has 70 valence electrons. The maximum absolute atomic E-state index is 10.7. The molecule has 4 nitrogen and oxygen atoms in total. The first-order valence-corrected chi connectivity index (χ1v) is 4.37. The second-order valence-corrected chi connectivity index (χ2v) is 3.29. The second kappa shape index (κ2) is 5.30. The molecule has 0 saturated carbocycles.